The lowest BCUT2D eigenvalue weighted by Crippen LogP contribution is -2.27. The minimum Gasteiger partial charge on any atom is -0.399 e. The molecule has 0 fully saturated rings. The molecule has 110 valence electrons. The number of halogens is 3. The van der Waals surface area contributed by atoms with Crippen LogP contribution in [0.1, 0.15) is 0 Å². The highest BCUT2D eigenvalue weighted by Gasteiger charge is 2.10. The smallest absolute Gasteiger partial charge is 0.265 e. The first-order valence-electron chi connectivity index (χ1n) is 5.77. The standard InChI is InChI=1S/C13H10Br2ClN3O2/c14-7-3-9(15)13(21)19(5-7)6-12(20)18-11-2-1-8(17)4-10(11)16/h1-5H,6,17H2,(H,18,20). The number of amides is 1. The summed E-state index contributed by atoms with van der Waals surface area (Å²) >= 11 is 12.4. The van der Waals surface area contributed by atoms with E-state index in [1.807, 2.05) is 0 Å². The number of nitrogens with two attached hydrogens (primary N) is 1. The number of pyridine rings is 1. The second-order valence-corrected chi connectivity index (χ2v) is 6.40. The van der Waals surface area contributed by atoms with Crippen molar-refractivity contribution < 1.29 is 4.79 Å². The van der Waals surface area contributed by atoms with Crippen molar-refractivity contribution >= 4 is 60.7 Å². The zero-order valence-electron chi connectivity index (χ0n) is 10.6. The van der Waals surface area contributed by atoms with Crippen molar-refractivity contribution in [1.29, 1.82) is 0 Å². The third kappa shape index (κ3) is 4.09. The van der Waals surface area contributed by atoms with E-state index < -0.39 is 0 Å². The molecule has 1 amide bonds. The Hall–Kier alpha value is -1.31. The molecule has 3 N–H and O–H groups in total. The number of carbonyl (C=O) groups is 1. The van der Waals surface area contributed by atoms with Crippen LogP contribution in [0.25, 0.3) is 0 Å². The summed E-state index contributed by atoms with van der Waals surface area (Å²) in [6.45, 7) is -0.127. The van der Waals surface area contributed by atoms with Crippen molar-refractivity contribution in [2.24, 2.45) is 0 Å². The summed E-state index contributed by atoms with van der Waals surface area (Å²) in [5.41, 5.74) is 6.23. The van der Waals surface area contributed by atoms with E-state index >= 15 is 0 Å². The number of anilines is 2. The fourth-order valence-corrected chi connectivity index (χ4v) is 3.15. The molecule has 0 saturated carbocycles. The number of carbonyl (C=O) groups excluding carboxylic acids is 1. The summed E-state index contributed by atoms with van der Waals surface area (Å²) in [4.78, 5) is 23.9. The molecule has 0 radical (unpaired) electrons. The van der Waals surface area contributed by atoms with Gasteiger partial charge in [-0.1, -0.05) is 11.6 Å². The minimum atomic E-state index is -0.367. The summed E-state index contributed by atoms with van der Waals surface area (Å²) in [5.74, 6) is -0.367. The fourth-order valence-electron chi connectivity index (χ4n) is 1.66. The Morgan fingerprint density at radius 1 is 1.33 bits per heavy atom. The molecule has 0 unspecified atom stereocenters. The van der Waals surface area contributed by atoms with Gasteiger partial charge in [0.1, 0.15) is 6.54 Å². The Bertz CT molecular complexity index is 762. The molecular formula is C13H10Br2ClN3O2. The molecule has 0 saturated heterocycles. The molecule has 2 rings (SSSR count). The monoisotopic (exact) mass is 433 g/mol. The van der Waals surface area contributed by atoms with Crippen LogP contribution < -0.4 is 16.6 Å². The van der Waals surface area contributed by atoms with Gasteiger partial charge in [-0.05, 0) is 56.1 Å². The van der Waals surface area contributed by atoms with Gasteiger partial charge in [-0.15, -0.1) is 0 Å². The number of hydrogen-bond donors (Lipinski definition) is 2. The summed E-state index contributed by atoms with van der Waals surface area (Å²) in [5, 5.41) is 2.97. The van der Waals surface area contributed by atoms with E-state index in [0.717, 1.165) is 0 Å². The van der Waals surface area contributed by atoms with Gasteiger partial charge in [0.05, 0.1) is 15.2 Å². The lowest BCUT2D eigenvalue weighted by atomic mass is 10.3. The van der Waals surface area contributed by atoms with Crippen LogP contribution in [0, 0.1) is 0 Å². The normalized spacial score (nSPS) is 10.4. The van der Waals surface area contributed by atoms with Gasteiger partial charge in [0.25, 0.3) is 5.56 Å². The molecule has 0 spiro atoms. The first kappa shape index (κ1) is 16.1. The lowest BCUT2D eigenvalue weighted by Gasteiger charge is -2.10. The van der Waals surface area contributed by atoms with Gasteiger partial charge in [-0.2, -0.15) is 0 Å². The average Bonchev–Trinajstić information content (AvgIpc) is 2.38. The van der Waals surface area contributed by atoms with Crippen molar-refractivity contribution in [1.82, 2.24) is 4.57 Å². The first-order valence-corrected chi connectivity index (χ1v) is 7.73. The van der Waals surface area contributed by atoms with Crippen LogP contribution in [0.4, 0.5) is 11.4 Å². The zero-order valence-corrected chi connectivity index (χ0v) is 14.5. The maximum absolute atomic E-state index is 12.0. The van der Waals surface area contributed by atoms with Crippen molar-refractivity contribution in [3.05, 3.63) is 54.8 Å². The Balaban J connectivity index is 2.17. The summed E-state index contributed by atoms with van der Waals surface area (Å²) < 4.78 is 2.34. The number of rotatable bonds is 3. The SMILES string of the molecule is Nc1ccc(NC(=O)Cn2cc(Br)cc(Br)c2=O)c(Cl)c1. The van der Waals surface area contributed by atoms with Gasteiger partial charge in [0, 0.05) is 16.4 Å². The van der Waals surface area contributed by atoms with Gasteiger partial charge in [0.2, 0.25) is 5.91 Å². The van der Waals surface area contributed by atoms with E-state index in [9.17, 15) is 9.59 Å². The van der Waals surface area contributed by atoms with Crippen molar-refractivity contribution in [2.45, 2.75) is 6.54 Å². The molecule has 1 aromatic heterocycles. The summed E-state index contributed by atoms with van der Waals surface area (Å²) in [7, 11) is 0. The molecule has 0 aliphatic rings. The van der Waals surface area contributed by atoms with Crippen LogP contribution in [0.15, 0.2) is 44.2 Å². The van der Waals surface area contributed by atoms with Crippen molar-refractivity contribution in [2.75, 3.05) is 11.1 Å². The molecule has 0 aliphatic carbocycles. The van der Waals surface area contributed by atoms with Crippen LogP contribution in [-0.2, 0) is 11.3 Å². The Kier molecular flexibility index (Phi) is 5.08. The topological polar surface area (TPSA) is 77.1 Å². The third-order valence-electron chi connectivity index (χ3n) is 2.59. The highest BCUT2D eigenvalue weighted by Crippen LogP contribution is 2.24. The van der Waals surface area contributed by atoms with Gasteiger partial charge in [-0.3, -0.25) is 9.59 Å². The molecule has 1 aromatic carbocycles. The van der Waals surface area contributed by atoms with Crippen LogP contribution >= 0.6 is 43.5 Å². The van der Waals surface area contributed by atoms with Crippen LogP contribution in [0.3, 0.4) is 0 Å². The molecule has 0 bridgehead atoms. The van der Waals surface area contributed by atoms with Crippen molar-refractivity contribution in [3.8, 4) is 0 Å². The summed E-state index contributed by atoms with van der Waals surface area (Å²) in [6.07, 6.45) is 1.54. The predicted octanol–water partition coefficient (Wildman–Crippen LogP) is 3.25. The number of benzene rings is 1. The molecular weight excluding hydrogens is 425 g/mol. The molecule has 1 heterocycles. The fraction of sp³-hybridized carbons (Fsp3) is 0.0769. The van der Waals surface area contributed by atoms with Crippen LogP contribution in [0.2, 0.25) is 5.02 Å². The molecule has 0 atom stereocenters. The van der Waals surface area contributed by atoms with Gasteiger partial charge < -0.3 is 15.6 Å². The van der Waals surface area contributed by atoms with Crippen LogP contribution in [-0.4, -0.2) is 10.5 Å². The molecule has 5 nitrogen and oxygen atoms in total. The van der Waals surface area contributed by atoms with E-state index in [-0.39, 0.29) is 18.0 Å². The molecule has 0 aliphatic heterocycles. The Morgan fingerprint density at radius 3 is 2.71 bits per heavy atom. The number of nitrogens with one attached hydrogen (secondary N) is 1. The molecule has 21 heavy (non-hydrogen) atoms. The van der Waals surface area contributed by atoms with Gasteiger partial charge in [0.15, 0.2) is 0 Å². The molecule has 2 aromatic rings. The third-order valence-corrected chi connectivity index (χ3v) is 3.90. The lowest BCUT2D eigenvalue weighted by molar-refractivity contribution is -0.116. The second kappa shape index (κ2) is 6.64. The highest BCUT2D eigenvalue weighted by molar-refractivity contribution is 9.11. The Labute approximate surface area is 142 Å². The highest BCUT2D eigenvalue weighted by atomic mass is 79.9. The first-order chi connectivity index (χ1) is 9.86. The van der Waals surface area contributed by atoms with E-state index in [1.165, 1.54) is 10.8 Å². The van der Waals surface area contributed by atoms with Gasteiger partial charge in [-0.25, -0.2) is 0 Å². The minimum absolute atomic E-state index is 0.127. The second-order valence-electron chi connectivity index (χ2n) is 4.23. The number of hydrogen-bond acceptors (Lipinski definition) is 3. The van der Waals surface area contributed by atoms with E-state index in [1.54, 1.807) is 24.3 Å². The number of nitrogens with zero attached hydrogens (tertiary/aromatic N) is 1. The Morgan fingerprint density at radius 2 is 2.05 bits per heavy atom. The quantitative estimate of drug-likeness (QED) is 0.727. The number of aromatic nitrogens is 1. The predicted molar refractivity (Wildman–Crippen MR) is 90.6 cm³/mol. The van der Waals surface area contributed by atoms with Crippen molar-refractivity contribution in [3.63, 3.8) is 0 Å². The van der Waals surface area contributed by atoms with Crippen LogP contribution in [0.5, 0.6) is 0 Å². The number of nitrogen functional groups attached to an aromatic ring is 1. The van der Waals surface area contributed by atoms with E-state index in [4.69, 9.17) is 17.3 Å². The maximum Gasteiger partial charge on any atom is 0.265 e. The van der Waals surface area contributed by atoms with E-state index in [2.05, 4.69) is 37.2 Å². The van der Waals surface area contributed by atoms with Gasteiger partial charge >= 0.3 is 0 Å². The largest absolute Gasteiger partial charge is 0.399 e. The zero-order chi connectivity index (χ0) is 15.6. The average molecular weight is 436 g/mol. The summed E-state index contributed by atoms with van der Waals surface area (Å²) in [6, 6.07) is 6.39. The maximum atomic E-state index is 12.0. The molecule has 8 heteroatoms. The van der Waals surface area contributed by atoms with E-state index in [0.29, 0.717) is 25.3 Å².